The van der Waals surface area contributed by atoms with Crippen molar-refractivity contribution in [3.63, 3.8) is 0 Å². The highest BCUT2D eigenvalue weighted by atomic mass is 35.5. The molecule has 7 heteroatoms. The van der Waals surface area contributed by atoms with Gasteiger partial charge in [-0.15, -0.1) is 5.10 Å². The van der Waals surface area contributed by atoms with E-state index in [4.69, 9.17) is 11.6 Å². The number of aromatic nitrogens is 3. The molecule has 0 saturated carbocycles. The van der Waals surface area contributed by atoms with Gasteiger partial charge in [-0.1, -0.05) is 75.4 Å². The van der Waals surface area contributed by atoms with Crippen molar-refractivity contribution >= 4 is 35.0 Å². The monoisotopic (exact) mass is 490 g/mol. The molecule has 1 amide bonds. The zero-order valence-electron chi connectivity index (χ0n) is 19.5. The van der Waals surface area contributed by atoms with Gasteiger partial charge in [0, 0.05) is 17.0 Å². The zero-order chi connectivity index (χ0) is 24.1. The first-order valence-electron chi connectivity index (χ1n) is 11.1. The SMILES string of the molecule is CC(C)(C)c1ccc(C(=O)Nc2ccccc2Sc2nc(Cl)nn2CCc2ccccc2)cc1. The lowest BCUT2D eigenvalue weighted by atomic mass is 9.87. The lowest BCUT2D eigenvalue weighted by molar-refractivity contribution is 0.102. The Kier molecular flexibility index (Phi) is 7.39. The molecule has 0 bridgehead atoms. The first-order chi connectivity index (χ1) is 16.3. The summed E-state index contributed by atoms with van der Waals surface area (Å²) < 4.78 is 1.81. The first kappa shape index (κ1) is 24.0. The molecule has 0 saturated heterocycles. The van der Waals surface area contributed by atoms with Gasteiger partial charge in [0.05, 0.1) is 5.69 Å². The molecule has 4 aromatic rings. The second kappa shape index (κ2) is 10.5. The molecule has 0 fully saturated rings. The minimum Gasteiger partial charge on any atom is -0.321 e. The van der Waals surface area contributed by atoms with Gasteiger partial charge in [0.1, 0.15) is 0 Å². The summed E-state index contributed by atoms with van der Waals surface area (Å²) >= 11 is 7.57. The van der Waals surface area contributed by atoms with Crippen LogP contribution in [0.1, 0.15) is 42.3 Å². The van der Waals surface area contributed by atoms with Crippen molar-refractivity contribution in [1.29, 1.82) is 0 Å². The van der Waals surface area contributed by atoms with Crippen LogP contribution in [0.5, 0.6) is 0 Å². The van der Waals surface area contributed by atoms with E-state index in [1.807, 2.05) is 71.4 Å². The predicted octanol–water partition coefficient (Wildman–Crippen LogP) is 6.88. The second-order valence-corrected chi connectivity index (χ2v) is 10.3. The van der Waals surface area contributed by atoms with Crippen molar-refractivity contribution in [2.75, 3.05) is 5.32 Å². The Bertz CT molecular complexity index is 1260. The minimum absolute atomic E-state index is 0.0377. The number of halogens is 1. The van der Waals surface area contributed by atoms with E-state index in [1.165, 1.54) is 22.9 Å². The first-order valence-corrected chi connectivity index (χ1v) is 12.3. The number of hydrogen-bond donors (Lipinski definition) is 1. The molecule has 0 aliphatic rings. The third kappa shape index (κ3) is 6.07. The Morgan fingerprint density at radius 2 is 1.65 bits per heavy atom. The molecule has 1 heterocycles. The van der Waals surface area contributed by atoms with Crippen LogP contribution in [0.2, 0.25) is 5.28 Å². The standard InChI is InChI=1S/C27H27ClN4OS/c1-27(2,3)21-15-13-20(14-16-21)24(33)29-22-11-7-8-12-23(22)34-26-30-25(28)31-32(26)18-17-19-9-5-4-6-10-19/h4-16H,17-18H2,1-3H3,(H,29,33). The average molecular weight is 491 g/mol. The number of amides is 1. The highest BCUT2D eigenvalue weighted by Gasteiger charge is 2.17. The fourth-order valence-corrected chi connectivity index (χ4v) is 4.64. The lowest BCUT2D eigenvalue weighted by Crippen LogP contribution is -2.14. The Morgan fingerprint density at radius 1 is 0.971 bits per heavy atom. The largest absolute Gasteiger partial charge is 0.321 e. The van der Waals surface area contributed by atoms with Gasteiger partial charge in [-0.05, 0) is 70.6 Å². The molecule has 1 aromatic heterocycles. The number of nitrogens with zero attached hydrogens (tertiary/aromatic N) is 3. The summed E-state index contributed by atoms with van der Waals surface area (Å²) in [5.74, 6) is -0.155. The summed E-state index contributed by atoms with van der Waals surface area (Å²) in [5.41, 5.74) is 3.77. The van der Waals surface area contributed by atoms with Crippen molar-refractivity contribution in [2.24, 2.45) is 0 Å². The van der Waals surface area contributed by atoms with Gasteiger partial charge in [0.2, 0.25) is 5.28 Å². The van der Waals surface area contributed by atoms with Gasteiger partial charge in [0.15, 0.2) is 5.16 Å². The molecule has 5 nitrogen and oxygen atoms in total. The van der Waals surface area contributed by atoms with E-state index in [9.17, 15) is 4.79 Å². The fraction of sp³-hybridized carbons (Fsp3) is 0.222. The van der Waals surface area contributed by atoms with Gasteiger partial charge in [-0.3, -0.25) is 4.79 Å². The Balaban J connectivity index is 1.49. The second-order valence-electron chi connectivity index (χ2n) is 9.00. The van der Waals surface area contributed by atoms with Gasteiger partial charge < -0.3 is 5.32 Å². The van der Waals surface area contributed by atoms with Crippen molar-refractivity contribution < 1.29 is 4.79 Å². The number of carbonyl (C=O) groups is 1. The van der Waals surface area contributed by atoms with Crippen LogP contribution >= 0.6 is 23.4 Å². The van der Waals surface area contributed by atoms with Crippen molar-refractivity contribution in [2.45, 2.75) is 49.2 Å². The van der Waals surface area contributed by atoms with Crippen LogP contribution in [0.3, 0.4) is 0 Å². The number of aryl methyl sites for hydroxylation is 2. The highest BCUT2D eigenvalue weighted by Crippen LogP contribution is 2.33. The predicted molar refractivity (Wildman–Crippen MR) is 139 cm³/mol. The maximum atomic E-state index is 12.9. The molecule has 0 spiro atoms. The number of anilines is 1. The van der Waals surface area contributed by atoms with Gasteiger partial charge >= 0.3 is 0 Å². The third-order valence-corrected chi connectivity index (χ3v) is 6.64. The van der Waals surface area contributed by atoms with Crippen LogP contribution in [0.25, 0.3) is 0 Å². The van der Waals surface area contributed by atoms with Crippen LogP contribution in [0.15, 0.2) is 88.9 Å². The molecule has 0 aliphatic carbocycles. The zero-order valence-corrected chi connectivity index (χ0v) is 21.0. The Hall–Kier alpha value is -3.09. The number of nitrogens with one attached hydrogen (secondary N) is 1. The highest BCUT2D eigenvalue weighted by molar-refractivity contribution is 7.99. The molecule has 3 aromatic carbocycles. The van der Waals surface area contributed by atoms with E-state index in [1.54, 1.807) is 0 Å². The number of para-hydroxylation sites is 1. The lowest BCUT2D eigenvalue weighted by Gasteiger charge is -2.19. The fourth-order valence-electron chi connectivity index (χ4n) is 3.48. The van der Waals surface area contributed by atoms with E-state index < -0.39 is 0 Å². The number of benzene rings is 3. The van der Waals surface area contributed by atoms with Crippen LogP contribution in [0, 0.1) is 0 Å². The van der Waals surface area contributed by atoms with Gasteiger partial charge in [0.25, 0.3) is 5.91 Å². The van der Waals surface area contributed by atoms with Gasteiger partial charge in [-0.25, -0.2) is 4.68 Å². The number of hydrogen-bond acceptors (Lipinski definition) is 4. The molecule has 1 N–H and O–H groups in total. The molecule has 0 unspecified atom stereocenters. The number of rotatable bonds is 7. The minimum atomic E-state index is -0.155. The summed E-state index contributed by atoms with van der Waals surface area (Å²) in [7, 11) is 0. The topological polar surface area (TPSA) is 59.8 Å². The van der Waals surface area contributed by atoms with Crippen LogP contribution in [-0.2, 0) is 18.4 Å². The van der Waals surface area contributed by atoms with Gasteiger partial charge in [-0.2, -0.15) is 4.98 Å². The maximum absolute atomic E-state index is 12.9. The summed E-state index contributed by atoms with van der Waals surface area (Å²) in [6.45, 7) is 7.11. The van der Waals surface area contributed by atoms with Crippen LogP contribution in [0.4, 0.5) is 5.69 Å². The van der Waals surface area contributed by atoms with Crippen molar-refractivity contribution in [1.82, 2.24) is 14.8 Å². The van der Waals surface area contributed by atoms with Crippen LogP contribution in [-0.4, -0.2) is 20.7 Å². The van der Waals surface area contributed by atoms with E-state index in [0.29, 0.717) is 23.0 Å². The molecular formula is C27H27ClN4OS. The molecule has 174 valence electrons. The molecular weight excluding hydrogens is 464 g/mol. The van der Waals surface area contributed by atoms with E-state index in [0.717, 1.165) is 11.3 Å². The number of carbonyl (C=O) groups excluding carboxylic acids is 1. The van der Waals surface area contributed by atoms with Crippen molar-refractivity contribution in [3.8, 4) is 0 Å². The van der Waals surface area contributed by atoms with E-state index in [2.05, 4.69) is 48.3 Å². The summed E-state index contributed by atoms with van der Waals surface area (Å²) in [4.78, 5) is 18.2. The normalized spacial score (nSPS) is 11.4. The molecule has 0 radical (unpaired) electrons. The summed E-state index contributed by atoms with van der Waals surface area (Å²) in [6.07, 6.45) is 0.817. The Morgan fingerprint density at radius 3 is 2.35 bits per heavy atom. The summed E-state index contributed by atoms with van der Waals surface area (Å²) in [6, 6.07) is 25.6. The quantitative estimate of drug-likeness (QED) is 0.307. The molecule has 4 rings (SSSR count). The molecule has 0 aliphatic heterocycles. The Labute approximate surface area is 209 Å². The maximum Gasteiger partial charge on any atom is 0.255 e. The molecule has 34 heavy (non-hydrogen) atoms. The van der Waals surface area contributed by atoms with Crippen LogP contribution < -0.4 is 5.32 Å². The average Bonchev–Trinajstić information content (AvgIpc) is 3.18. The smallest absolute Gasteiger partial charge is 0.255 e. The van der Waals surface area contributed by atoms with E-state index in [-0.39, 0.29) is 16.6 Å². The third-order valence-electron chi connectivity index (χ3n) is 5.42. The van der Waals surface area contributed by atoms with E-state index >= 15 is 0 Å². The molecule has 0 atom stereocenters. The van der Waals surface area contributed by atoms with Crippen molar-refractivity contribution in [3.05, 3.63) is 101 Å². The summed E-state index contributed by atoms with van der Waals surface area (Å²) in [5, 5.41) is 8.27.